The molecule has 1 unspecified atom stereocenters. The summed E-state index contributed by atoms with van der Waals surface area (Å²) in [5.74, 6) is -1.32. The van der Waals surface area contributed by atoms with E-state index in [1.165, 1.54) is 13.0 Å². The molecule has 1 aliphatic carbocycles. The Morgan fingerprint density at radius 3 is 2.50 bits per heavy atom. The summed E-state index contributed by atoms with van der Waals surface area (Å²) in [6.07, 6.45) is 3.37. The first-order valence-corrected chi connectivity index (χ1v) is 5.34. The fraction of sp³-hybridized carbons (Fsp3) is 0.583. The molecular weight excluding hydrogens is 208 g/mol. The Kier molecular flexibility index (Phi) is 4.41. The van der Waals surface area contributed by atoms with Gasteiger partial charge < -0.3 is 15.3 Å². The van der Waals surface area contributed by atoms with Crippen molar-refractivity contribution >= 4 is 5.78 Å². The summed E-state index contributed by atoms with van der Waals surface area (Å²) >= 11 is 0. The van der Waals surface area contributed by atoms with Gasteiger partial charge in [0.15, 0.2) is 5.78 Å². The number of Topliss-reactive ketones (excluding diaryl/α,β-unsaturated/α-hetero) is 1. The van der Waals surface area contributed by atoms with Crippen LogP contribution in [0.3, 0.4) is 0 Å². The largest absolute Gasteiger partial charge is 0.390 e. The van der Waals surface area contributed by atoms with E-state index in [0.29, 0.717) is 0 Å². The molecule has 4 heteroatoms. The molecule has 5 atom stereocenters. The van der Waals surface area contributed by atoms with E-state index in [-0.39, 0.29) is 5.92 Å². The minimum atomic E-state index is -1.25. The van der Waals surface area contributed by atoms with E-state index in [9.17, 15) is 20.1 Å². The molecule has 3 N–H and O–H groups in total. The predicted molar refractivity (Wildman–Crippen MR) is 59.6 cm³/mol. The molecular formula is C12H18O4. The highest BCUT2D eigenvalue weighted by molar-refractivity contribution is 5.80. The monoisotopic (exact) mass is 226 g/mol. The number of hydrogen-bond donors (Lipinski definition) is 3. The van der Waals surface area contributed by atoms with Crippen molar-refractivity contribution in [3.63, 3.8) is 0 Å². The molecule has 0 aromatic rings. The van der Waals surface area contributed by atoms with Gasteiger partial charge in [0.2, 0.25) is 0 Å². The zero-order valence-electron chi connectivity index (χ0n) is 9.45. The van der Waals surface area contributed by atoms with Gasteiger partial charge in [-0.25, -0.2) is 0 Å². The Morgan fingerprint density at radius 1 is 1.38 bits per heavy atom. The number of carbonyl (C=O) groups excluding carboxylic acids is 1. The Balaban J connectivity index is 2.98. The van der Waals surface area contributed by atoms with E-state index in [1.807, 2.05) is 6.92 Å². The number of hydrogen-bond acceptors (Lipinski definition) is 4. The second kappa shape index (κ2) is 5.39. The van der Waals surface area contributed by atoms with Crippen molar-refractivity contribution < 1.29 is 20.1 Å². The molecule has 90 valence electrons. The molecule has 0 aromatic carbocycles. The standard InChI is InChI=1S/C12H18O4/c1-3-4-8-5-6-9(14)12(16)10(8)11(15)7(2)13/h3-6,8-12,14-16H,1-2H3/b4-3+/t8-,9-,10-,11?,12+/m0/s1. The van der Waals surface area contributed by atoms with Gasteiger partial charge in [-0.15, -0.1) is 0 Å². The van der Waals surface area contributed by atoms with Gasteiger partial charge >= 0.3 is 0 Å². The maximum Gasteiger partial charge on any atom is 0.158 e. The number of aliphatic hydroxyl groups is 3. The Bertz CT molecular complexity index is 308. The summed E-state index contributed by atoms with van der Waals surface area (Å²) in [6.45, 7) is 3.09. The minimum Gasteiger partial charge on any atom is -0.390 e. The third kappa shape index (κ3) is 2.58. The molecule has 0 spiro atoms. The topological polar surface area (TPSA) is 77.8 Å². The fourth-order valence-electron chi connectivity index (χ4n) is 2.02. The van der Waals surface area contributed by atoms with E-state index in [1.54, 1.807) is 18.2 Å². The SMILES string of the molecule is C/C=C/[C@H]1C=C[C@H](O)[C@@H](O)[C@@H]1C(O)C(C)=O. The third-order valence-electron chi connectivity index (χ3n) is 2.91. The maximum absolute atomic E-state index is 11.2. The van der Waals surface area contributed by atoms with Crippen LogP contribution < -0.4 is 0 Å². The van der Waals surface area contributed by atoms with E-state index in [4.69, 9.17) is 0 Å². The molecule has 1 rings (SSSR count). The van der Waals surface area contributed by atoms with Gasteiger partial charge in [0, 0.05) is 11.8 Å². The number of carbonyl (C=O) groups is 1. The van der Waals surface area contributed by atoms with E-state index >= 15 is 0 Å². The smallest absolute Gasteiger partial charge is 0.158 e. The fourth-order valence-corrected chi connectivity index (χ4v) is 2.02. The molecule has 0 aromatic heterocycles. The molecule has 0 saturated heterocycles. The van der Waals surface area contributed by atoms with Crippen LogP contribution in [0, 0.1) is 11.8 Å². The lowest BCUT2D eigenvalue weighted by atomic mass is 9.76. The van der Waals surface area contributed by atoms with Crippen LogP contribution in [0.1, 0.15) is 13.8 Å². The summed E-state index contributed by atoms with van der Waals surface area (Å²) in [7, 11) is 0. The lowest BCUT2D eigenvalue weighted by Crippen LogP contribution is -2.47. The van der Waals surface area contributed by atoms with E-state index in [0.717, 1.165) is 0 Å². The number of aliphatic hydroxyl groups excluding tert-OH is 3. The second-order valence-corrected chi connectivity index (χ2v) is 4.10. The summed E-state index contributed by atoms with van der Waals surface area (Å²) in [6, 6.07) is 0. The van der Waals surface area contributed by atoms with Gasteiger partial charge in [-0.3, -0.25) is 4.79 Å². The zero-order chi connectivity index (χ0) is 12.3. The van der Waals surface area contributed by atoms with Crippen LogP contribution >= 0.6 is 0 Å². The molecule has 0 fully saturated rings. The molecule has 1 aliphatic rings. The minimum absolute atomic E-state index is 0.234. The van der Waals surface area contributed by atoms with Gasteiger partial charge in [0.05, 0.1) is 12.2 Å². The number of allylic oxidation sites excluding steroid dienone is 3. The van der Waals surface area contributed by atoms with Crippen molar-refractivity contribution in [3.8, 4) is 0 Å². The highest BCUT2D eigenvalue weighted by atomic mass is 16.3. The van der Waals surface area contributed by atoms with Crippen LogP contribution in [0.5, 0.6) is 0 Å². The maximum atomic E-state index is 11.2. The first-order valence-electron chi connectivity index (χ1n) is 5.34. The van der Waals surface area contributed by atoms with Crippen LogP contribution in [0.15, 0.2) is 24.3 Å². The van der Waals surface area contributed by atoms with Crippen molar-refractivity contribution in [2.75, 3.05) is 0 Å². The average Bonchev–Trinajstić information content (AvgIpc) is 2.23. The zero-order valence-corrected chi connectivity index (χ0v) is 9.45. The molecule has 4 nitrogen and oxygen atoms in total. The molecule has 0 bridgehead atoms. The summed E-state index contributed by atoms with van der Waals surface area (Å²) < 4.78 is 0. The number of ketones is 1. The van der Waals surface area contributed by atoms with Crippen LogP contribution in [0.2, 0.25) is 0 Å². The van der Waals surface area contributed by atoms with Crippen LogP contribution in [-0.4, -0.2) is 39.4 Å². The van der Waals surface area contributed by atoms with E-state index in [2.05, 4.69) is 0 Å². The van der Waals surface area contributed by atoms with E-state index < -0.39 is 30.0 Å². The Morgan fingerprint density at radius 2 is 2.00 bits per heavy atom. The molecule has 0 saturated carbocycles. The van der Waals surface area contributed by atoms with Crippen molar-refractivity contribution in [3.05, 3.63) is 24.3 Å². The lowest BCUT2D eigenvalue weighted by molar-refractivity contribution is -0.134. The molecule has 0 aliphatic heterocycles. The first kappa shape index (κ1) is 13.1. The third-order valence-corrected chi connectivity index (χ3v) is 2.91. The van der Waals surface area contributed by atoms with Gasteiger partial charge in [-0.05, 0) is 13.8 Å². The van der Waals surface area contributed by atoms with Crippen molar-refractivity contribution in [2.24, 2.45) is 11.8 Å². The van der Waals surface area contributed by atoms with Crippen LogP contribution in [0.25, 0.3) is 0 Å². The quantitative estimate of drug-likeness (QED) is 0.594. The van der Waals surface area contributed by atoms with Crippen molar-refractivity contribution in [2.45, 2.75) is 32.2 Å². The lowest BCUT2D eigenvalue weighted by Gasteiger charge is -2.35. The molecule has 0 radical (unpaired) electrons. The Hall–Kier alpha value is -0.970. The summed E-state index contributed by atoms with van der Waals surface area (Å²) in [4.78, 5) is 11.2. The molecule has 0 heterocycles. The van der Waals surface area contributed by atoms with Gasteiger partial charge in [-0.2, -0.15) is 0 Å². The highest BCUT2D eigenvalue weighted by Crippen LogP contribution is 2.30. The summed E-state index contributed by atoms with van der Waals surface area (Å²) in [5, 5.41) is 29.0. The van der Waals surface area contributed by atoms with Crippen molar-refractivity contribution in [1.29, 1.82) is 0 Å². The summed E-state index contributed by atoms with van der Waals surface area (Å²) in [5.41, 5.74) is 0. The van der Waals surface area contributed by atoms with Crippen LogP contribution in [-0.2, 0) is 4.79 Å². The average molecular weight is 226 g/mol. The van der Waals surface area contributed by atoms with Gasteiger partial charge in [0.25, 0.3) is 0 Å². The van der Waals surface area contributed by atoms with Gasteiger partial charge in [0.1, 0.15) is 6.10 Å². The number of rotatable bonds is 3. The molecule has 16 heavy (non-hydrogen) atoms. The molecule has 0 amide bonds. The predicted octanol–water partition coefficient (Wildman–Crippen LogP) is 0.0364. The highest BCUT2D eigenvalue weighted by Gasteiger charge is 2.39. The normalized spacial score (nSPS) is 36.6. The Labute approximate surface area is 94.9 Å². The van der Waals surface area contributed by atoms with Crippen LogP contribution in [0.4, 0.5) is 0 Å². The van der Waals surface area contributed by atoms with Crippen molar-refractivity contribution in [1.82, 2.24) is 0 Å². The second-order valence-electron chi connectivity index (χ2n) is 4.10. The van der Waals surface area contributed by atoms with Gasteiger partial charge in [-0.1, -0.05) is 24.3 Å². The first-order chi connectivity index (χ1) is 7.49.